The van der Waals surface area contributed by atoms with Crippen LogP contribution in [-0.4, -0.2) is 50.0 Å². The fraction of sp³-hybridized carbons (Fsp3) is 0.333. The van der Waals surface area contributed by atoms with Crippen LogP contribution < -0.4 is 11.4 Å². The van der Waals surface area contributed by atoms with Crippen molar-refractivity contribution in [1.82, 2.24) is 14.3 Å². The quantitative estimate of drug-likeness (QED) is 0.337. The molecule has 2 atom stereocenters. The molecule has 1 unspecified atom stereocenters. The molecule has 0 spiro atoms. The Bertz CT molecular complexity index is 1370. The van der Waals surface area contributed by atoms with Gasteiger partial charge in [-0.2, -0.15) is 0 Å². The zero-order valence-corrected chi connectivity index (χ0v) is 22.2. The summed E-state index contributed by atoms with van der Waals surface area (Å²) in [5.41, 5.74) is 4.95. The van der Waals surface area contributed by atoms with E-state index in [1.165, 1.54) is 24.3 Å². The Hall–Kier alpha value is -2.99. The summed E-state index contributed by atoms with van der Waals surface area (Å²) in [6.45, 7) is -1.09. The van der Waals surface area contributed by atoms with Gasteiger partial charge in [0.25, 0.3) is 5.92 Å². The van der Waals surface area contributed by atoms with E-state index in [9.17, 15) is 28.3 Å². The average Bonchev–Trinajstić information content (AvgIpc) is 3.13. The SMILES string of the molecule is CC(F)(F)[C@@H](O)Cn1c(-c2ccc(Cl)cc2)nn(CC(=O)CC(COC(N)=O)c2cccc(Cl)c2Cl)c1=O. The molecule has 1 heterocycles. The molecule has 2 aromatic carbocycles. The number of ether oxygens (including phenoxy) is 1. The second kappa shape index (κ2) is 12.2. The molecule has 3 aromatic rings. The molecule has 0 bridgehead atoms. The van der Waals surface area contributed by atoms with E-state index in [4.69, 9.17) is 45.3 Å². The van der Waals surface area contributed by atoms with Crippen molar-refractivity contribution in [2.45, 2.75) is 44.4 Å². The molecular weight excluding hydrogens is 569 g/mol. The highest BCUT2D eigenvalue weighted by Crippen LogP contribution is 2.33. The molecular formula is C24H23Cl3F2N4O5. The van der Waals surface area contributed by atoms with Gasteiger partial charge >= 0.3 is 11.8 Å². The lowest BCUT2D eigenvalue weighted by Crippen LogP contribution is -2.38. The van der Waals surface area contributed by atoms with Crippen LogP contribution in [0.4, 0.5) is 13.6 Å². The van der Waals surface area contributed by atoms with Crippen molar-refractivity contribution < 1.29 is 28.2 Å². The number of halogens is 5. The zero-order chi connectivity index (χ0) is 28.2. The van der Waals surface area contributed by atoms with Gasteiger partial charge in [-0.3, -0.25) is 9.36 Å². The third kappa shape index (κ3) is 7.31. The fourth-order valence-corrected chi connectivity index (χ4v) is 4.23. The van der Waals surface area contributed by atoms with Crippen molar-refractivity contribution in [2.24, 2.45) is 5.73 Å². The largest absolute Gasteiger partial charge is 0.449 e. The molecule has 1 amide bonds. The number of carbonyl (C=O) groups is 2. The first-order valence-electron chi connectivity index (χ1n) is 11.1. The van der Waals surface area contributed by atoms with Crippen LogP contribution in [0.1, 0.15) is 24.8 Å². The van der Waals surface area contributed by atoms with Crippen LogP contribution in [-0.2, 0) is 22.6 Å². The molecule has 9 nitrogen and oxygen atoms in total. The lowest BCUT2D eigenvalue weighted by atomic mass is 9.94. The highest BCUT2D eigenvalue weighted by atomic mass is 35.5. The van der Waals surface area contributed by atoms with E-state index in [2.05, 4.69) is 5.10 Å². The van der Waals surface area contributed by atoms with Crippen molar-refractivity contribution in [2.75, 3.05) is 6.61 Å². The topological polar surface area (TPSA) is 129 Å². The van der Waals surface area contributed by atoms with Gasteiger partial charge in [0.05, 0.1) is 16.6 Å². The fourth-order valence-electron chi connectivity index (χ4n) is 3.64. The maximum absolute atomic E-state index is 13.7. The van der Waals surface area contributed by atoms with Gasteiger partial charge in [-0.1, -0.05) is 46.9 Å². The molecule has 38 heavy (non-hydrogen) atoms. The molecule has 0 aliphatic heterocycles. The van der Waals surface area contributed by atoms with Gasteiger partial charge in [0.15, 0.2) is 11.6 Å². The number of rotatable bonds is 11. The summed E-state index contributed by atoms with van der Waals surface area (Å²) in [5, 5.41) is 14.9. The number of carbonyl (C=O) groups excluding carboxylic acids is 2. The standard InChI is InChI=1S/C24H23Cl3F2N4O5/c1-24(28,29)19(35)11-32-21(13-5-7-15(25)8-6-13)31-33(23(32)37)10-16(34)9-14(12-38-22(30)36)17-3-2-4-18(26)20(17)27/h2-8,14,19,35H,9-12H2,1H3,(H2,30,36)/t14?,19-/m0/s1. The summed E-state index contributed by atoms with van der Waals surface area (Å²) in [6, 6.07) is 10.8. The summed E-state index contributed by atoms with van der Waals surface area (Å²) in [7, 11) is 0. The van der Waals surface area contributed by atoms with Gasteiger partial charge in [-0.15, -0.1) is 5.10 Å². The summed E-state index contributed by atoms with van der Waals surface area (Å²) < 4.78 is 34.0. The monoisotopic (exact) mass is 590 g/mol. The van der Waals surface area contributed by atoms with Crippen LogP contribution in [0.3, 0.4) is 0 Å². The van der Waals surface area contributed by atoms with Gasteiger partial charge in [0.1, 0.15) is 19.3 Å². The van der Waals surface area contributed by atoms with Gasteiger partial charge < -0.3 is 15.6 Å². The number of aliphatic hydroxyl groups is 1. The number of amides is 1. The number of hydrogen-bond donors (Lipinski definition) is 2. The molecule has 0 saturated heterocycles. The molecule has 3 N–H and O–H groups in total. The Morgan fingerprint density at radius 2 is 1.82 bits per heavy atom. The predicted octanol–water partition coefficient (Wildman–Crippen LogP) is 4.53. The molecule has 0 radical (unpaired) electrons. The van der Waals surface area contributed by atoms with Crippen molar-refractivity contribution in [3.63, 3.8) is 0 Å². The van der Waals surface area contributed by atoms with Crippen LogP contribution in [0, 0.1) is 0 Å². The van der Waals surface area contributed by atoms with Crippen LogP contribution in [0.5, 0.6) is 0 Å². The van der Waals surface area contributed by atoms with E-state index in [0.29, 0.717) is 23.1 Å². The number of aliphatic hydroxyl groups excluding tert-OH is 1. The number of nitrogens with two attached hydrogens (primary N) is 1. The van der Waals surface area contributed by atoms with E-state index < -0.39 is 48.6 Å². The Morgan fingerprint density at radius 1 is 1.16 bits per heavy atom. The summed E-state index contributed by atoms with van der Waals surface area (Å²) in [5.74, 6) is -4.82. The first-order valence-corrected chi connectivity index (χ1v) is 12.3. The maximum Gasteiger partial charge on any atom is 0.404 e. The molecule has 0 saturated carbocycles. The first-order chi connectivity index (χ1) is 17.8. The lowest BCUT2D eigenvalue weighted by molar-refractivity contribution is -0.120. The third-order valence-electron chi connectivity index (χ3n) is 5.61. The minimum absolute atomic E-state index is 0.0470. The second-order valence-electron chi connectivity index (χ2n) is 8.57. The molecule has 1 aromatic heterocycles. The van der Waals surface area contributed by atoms with Crippen LogP contribution in [0.2, 0.25) is 15.1 Å². The number of aromatic nitrogens is 3. The Labute approximate surface area is 230 Å². The summed E-state index contributed by atoms with van der Waals surface area (Å²) >= 11 is 18.3. The van der Waals surface area contributed by atoms with E-state index in [0.717, 1.165) is 9.25 Å². The number of Topliss-reactive ketones (excluding diaryl/α,β-unsaturated/α-hetero) is 1. The minimum atomic E-state index is -3.50. The molecule has 3 rings (SSSR count). The lowest BCUT2D eigenvalue weighted by Gasteiger charge is -2.18. The number of benzene rings is 2. The van der Waals surface area contributed by atoms with Crippen LogP contribution in [0.25, 0.3) is 11.4 Å². The minimum Gasteiger partial charge on any atom is -0.449 e. The number of ketones is 1. The van der Waals surface area contributed by atoms with E-state index in [1.54, 1.807) is 18.2 Å². The maximum atomic E-state index is 13.7. The molecule has 204 valence electrons. The molecule has 0 aliphatic rings. The van der Waals surface area contributed by atoms with Crippen molar-refractivity contribution in [3.8, 4) is 11.4 Å². The highest BCUT2D eigenvalue weighted by Gasteiger charge is 2.34. The van der Waals surface area contributed by atoms with Gasteiger partial charge in [0.2, 0.25) is 0 Å². The Balaban J connectivity index is 1.93. The Morgan fingerprint density at radius 3 is 2.42 bits per heavy atom. The summed E-state index contributed by atoms with van der Waals surface area (Å²) in [6.07, 6.45) is -3.51. The average molecular weight is 592 g/mol. The molecule has 0 fully saturated rings. The van der Waals surface area contributed by atoms with Crippen LogP contribution >= 0.6 is 34.8 Å². The Kier molecular flexibility index (Phi) is 9.53. The van der Waals surface area contributed by atoms with Crippen LogP contribution in [0.15, 0.2) is 47.3 Å². The first kappa shape index (κ1) is 29.6. The third-order valence-corrected chi connectivity index (χ3v) is 6.70. The normalized spacial score (nSPS) is 13.2. The van der Waals surface area contributed by atoms with E-state index in [1.807, 2.05) is 0 Å². The predicted molar refractivity (Wildman–Crippen MR) is 138 cm³/mol. The highest BCUT2D eigenvalue weighted by molar-refractivity contribution is 6.42. The molecule has 14 heteroatoms. The van der Waals surface area contributed by atoms with Gasteiger partial charge in [-0.05, 0) is 35.9 Å². The van der Waals surface area contributed by atoms with Gasteiger partial charge in [-0.25, -0.2) is 23.1 Å². The van der Waals surface area contributed by atoms with Crippen molar-refractivity contribution in [3.05, 3.63) is 73.6 Å². The number of alkyl halides is 2. The number of hydrogen-bond acceptors (Lipinski definition) is 6. The second-order valence-corrected chi connectivity index (χ2v) is 9.79. The van der Waals surface area contributed by atoms with Crippen molar-refractivity contribution in [1.29, 1.82) is 0 Å². The smallest absolute Gasteiger partial charge is 0.404 e. The van der Waals surface area contributed by atoms with Gasteiger partial charge in [0, 0.05) is 29.8 Å². The van der Waals surface area contributed by atoms with Crippen molar-refractivity contribution >= 4 is 46.7 Å². The van der Waals surface area contributed by atoms with E-state index >= 15 is 0 Å². The number of primary amides is 1. The van der Waals surface area contributed by atoms with E-state index in [-0.39, 0.29) is 28.9 Å². The zero-order valence-electron chi connectivity index (χ0n) is 19.9. The summed E-state index contributed by atoms with van der Waals surface area (Å²) in [4.78, 5) is 37.3. The molecule has 0 aliphatic carbocycles. The number of nitrogens with zero attached hydrogens (tertiary/aromatic N) is 3.